The first-order valence-corrected chi connectivity index (χ1v) is 6.04. The quantitative estimate of drug-likeness (QED) is 0.410. The van der Waals surface area contributed by atoms with Crippen molar-refractivity contribution in [2.75, 3.05) is 13.2 Å². The molecular formula is C8H16O6P-. The van der Waals surface area contributed by atoms with Crippen LogP contribution in [0.25, 0.3) is 0 Å². The molecule has 0 amide bonds. The molecule has 0 aliphatic carbocycles. The van der Waals surface area contributed by atoms with Gasteiger partial charge in [-0.2, -0.15) is 0 Å². The maximum absolute atomic E-state index is 11.3. The number of esters is 1. The van der Waals surface area contributed by atoms with Crippen LogP contribution in [-0.2, 0) is 18.6 Å². The fourth-order valence-electron chi connectivity index (χ4n) is 0.627. The minimum atomic E-state index is -4.71. The number of carbonyl (C=O) groups excluding carboxylic acids is 1. The Balaban J connectivity index is 3.79. The van der Waals surface area contributed by atoms with Gasteiger partial charge >= 0.3 is 5.97 Å². The lowest BCUT2D eigenvalue weighted by atomic mass is 9.91. The highest BCUT2D eigenvalue weighted by Gasteiger charge is 2.26. The second-order valence-corrected chi connectivity index (χ2v) is 4.87. The lowest BCUT2D eigenvalue weighted by Gasteiger charge is -2.21. The minimum absolute atomic E-state index is 0.199. The zero-order chi connectivity index (χ0) is 12.1. The molecule has 6 nitrogen and oxygen atoms in total. The standard InChI is InChI=1S/C8H17O6P/c1-4-8(2,3)7(9)13-5-6-14-15(10,11)12/h4-6H2,1-3H3,(H2,10,11,12)/p-1. The predicted molar refractivity (Wildman–Crippen MR) is 50.8 cm³/mol. The smallest absolute Gasteiger partial charge is 0.311 e. The van der Waals surface area contributed by atoms with Crippen molar-refractivity contribution >= 4 is 13.8 Å². The topological polar surface area (TPSA) is 95.9 Å². The third kappa shape index (κ3) is 6.62. The van der Waals surface area contributed by atoms with Gasteiger partial charge in [0.25, 0.3) is 7.82 Å². The molecule has 1 unspecified atom stereocenters. The second-order valence-electron chi connectivity index (χ2n) is 3.68. The lowest BCUT2D eigenvalue weighted by Crippen LogP contribution is -2.27. The highest BCUT2D eigenvalue weighted by molar-refractivity contribution is 7.44. The van der Waals surface area contributed by atoms with Crippen LogP contribution < -0.4 is 4.89 Å². The van der Waals surface area contributed by atoms with Crippen LogP contribution in [0.4, 0.5) is 0 Å². The molecule has 0 radical (unpaired) electrons. The number of rotatable bonds is 6. The molecule has 0 rings (SSSR count). The van der Waals surface area contributed by atoms with Gasteiger partial charge in [-0.3, -0.25) is 9.36 Å². The van der Waals surface area contributed by atoms with Crippen molar-refractivity contribution in [3.05, 3.63) is 0 Å². The molecule has 0 saturated carbocycles. The van der Waals surface area contributed by atoms with E-state index < -0.39 is 19.2 Å². The van der Waals surface area contributed by atoms with Gasteiger partial charge in [0.1, 0.15) is 6.61 Å². The van der Waals surface area contributed by atoms with Crippen LogP contribution in [0, 0.1) is 5.41 Å². The average Bonchev–Trinajstić information content (AvgIpc) is 2.10. The Morgan fingerprint density at radius 3 is 2.40 bits per heavy atom. The highest BCUT2D eigenvalue weighted by atomic mass is 31.2. The van der Waals surface area contributed by atoms with Gasteiger partial charge in [0.15, 0.2) is 0 Å². The molecule has 1 atom stereocenters. The van der Waals surface area contributed by atoms with Crippen molar-refractivity contribution in [3.8, 4) is 0 Å². The van der Waals surface area contributed by atoms with E-state index in [4.69, 9.17) is 9.63 Å². The number of ether oxygens (including phenoxy) is 1. The van der Waals surface area contributed by atoms with Crippen molar-refractivity contribution in [2.45, 2.75) is 27.2 Å². The Hall–Kier alpha value is -0.420. The fraction of sp³-hybridized carbons (Fsp3) is 0.875. The maximum Gasteiger partial charge on any atom is 0.311 e. The molecule has 90 valence electrons. The monoisotopic (exact) mass is 239 g/mol. The van der Waals surface area contributed by atoms with Crippen LogP contribution >= 0.6 is 7.82 Å². The molecule has 7 heteroatoms. The van der Waals surface area contributed by atoms with Gasteiger partial charge in [0.05, 0.1) is 12.0 Å². The summed E-state index contributed by atoms with van der Waals surface area (Å²) < 4.78 is 18.9. The van der Waals surface area contributed by atoms with Crippen molar-refractivity contribution in [1.82, 2.24) is 0 Å². The van der Waals surface area contributed by atoms with Crippen LogP contribution in [0.1, 0.15) is 27.2 Å². The number of phosphoric acid groups is 1. The lowest BCUT2D eigenvalue weighted by molar-refractivity contribution is -0.221. The summed E-state index contributed by atoms with van der Waals surface area (Å²) in [7, 11) is -4.71. The summed E-state index contributed by atoms with van der Waals surface area (Å²) in [4.78, 5) is 29.7. The second kappa shape index (κ2) is 5.61. The van der Waals surface area contributed by atoms with Gasteiger partial charge in [-0.25, -0.2) is 0 Å². The molecular weight excluding hydrogens is 223 g/mol. The van der Waals surface area contributed by atoms with Gasteiger partial charge in [0.2, 0.25) is 0 Å². The molecule has 0 aliphatic heterocycles. The van der Waals surface area contributed by atoms with Gasteiger partial charge < -0.3 is 19.0 Å². The third-order valence-corrected chi connectivity index (χ3v) is 2.52. The van der Waals surface area contributed by atoms with Crippen molar-refractivity contribution in [3.63, 3.8) is 0 Å². The summed E-state index contributed by atoms with van der Waals surface area (Å²) in [6.45, 7) is 4.72. The van der Waals surface area contributed by atoms with E-state index in [9.17, 15) is 14.3 Å². The molecule has 0 aliphatic rings. The summed E-state index contributed by atoms with van der Waals surface area (Å²) in [5, 5.41) is 0. The summed E-state index contributed by atoms with van der Waals surface area (Å²) in [6, 6.07) is 0. The Bertz CT molecular complexity index is 256. The maximum atomic E-state index is 11.3. The molecule has 0 heterocycles. The van der Waals surface area contributed by atoms with Crippen LogP contribution in [0.3, 0.4) is 0 Å². The van der Waals surface area contributed by atoms with Crippen LogP contribution in [0.2, 0.25) is 0 Å². The molecule has 0 aromatic heterocycles. The van der Waals surface area contributed by atoms with Crippen molar-refractivity contribution < 1.29 is 28.4 Å². The molecule has 0 saturated heterocycles. The first kappa shape index (κ1) is 14.6. The van der Waals surface area contributed by atoms with Gasteiger partial charge in [-0.15, -0.1) is 0 Å². The zero-order valence-corrected chi connectivity index (χ0v) is 9.95. The summed E-state index contributed by atoms with van der Waals surface area (Å²) in [5.74, 6) is -0.424. The Morgan fingerprint density at radius 1 is 1.47 bits per heavy atom. The highest BCUT2D eigenvalue weighted by Crippen LogP contribution is 2.29. The van der Waals surface area contributed by atoms with E-state index in [1.54, 1.807) is 13.8 Å². The largest absolute Gasteiger partial charge is 0.756 e. The van der Waals surface area contributed by atoms with E-state index >= 15 is 0 Å². The number of carbonyl (C=O) groups is 1. The number of hydrogen-bond acceptors (Lipinski definition) is 5. The summed E-state index contributed by atoms with van der Waals surface area (Å²) >= 11 is 0. The summed E-state index contributed by atoms with van der Waals surface area (Å²) in [5.41, 5.74) is -0.597. The Labute approximate surface area is 88.8 Å². The first-order chi connectivity index (χ1) is 6.69. The molecule has 0 spiro atoms. The number of phosphoric ester groups is 1. The van der Waals surface area contributed by atoms with E-state index in [0.29, 0.717) is 6.42 Å². The van der Waals surface area contributed by atoms with Gasteiger partial charge in [-0.1, -0.05) is 6.92 Å². The molecule has 1 N–H and O–H groups in total. The average molecular weight is 239 g/mol. The van der Waals surface area contributed by atoms with Crippen LogP contribution in [0.15, 0.2) is 0 Å². The molecule has 0 aromatic rings. The van der Waals surface area contributed by atoms with E-state index in [2.05, 4.69) is 4.52 Å². The minimum Gasteiger partial charge on any atom is -0.756 e. The predicted octanol–water partition coefficient (Wildman–Crippen LogP) is 0.443. The first-order valence-electron chi connectivity index (χ1n) is 4.54. The van der Waals surface area contributed by atoms with Crippen LogP contribution in [0.5, 0.6) is 0 Å². The van der Waals surface area contributed by atoms with E-state index in [1.165, 1.54) is 0 Å². The van der Waals surface area contributed by atoms with Crippen molar-refractivity contribution in [1.29, 1.82) is 0 Å². The normalized spacial score (nSPS) is 15.8. The SMILES string of the molecule is CCC(C)(C)C(=O)OCCOP(=O)([O-])O. The van der Waals surface area contributed by atoms with E-state index in [1.807, 2.05) is 6.92 Å². The van der Waals surface area contributed by atoms with Gasteiger partial charge in [0, 0.05) is 0 Å². The number of hydrogen-bond donors (Lipinski definition) is 1. The van der Waals surface area contributed by atoms with Crippen LogP contribution in [-0.4, -0.2) is 24.1 Å². The van der Waals surface area contributed by atoms with Gasteiger partial charge in [-0.05, 0) is 20.3 Å². The Morgan fingerprint density at radius 2 is 2.00 bits per heavy atom. The van der Waals surface area contributed by atoms with E-state index in [0.717, 1.165) is 0 Å². The summed E-state index contributed by atoms with van der Waals surface area (Å²) in [6.07, 6.45) is 0.618. The molecule has 15 heavy (non-hydrogen) atoms. The molecule has 0 bridgehead atoms. The molecule has 0 fully saturated rings. The van der Waals surface area contributed by atoms with E-state index in [-0.39, 0.29) is 13.2 Å². The molecule has 0 aromatic carbocycles. The van der Waals surface area contributed by atoms with Crippen molar-refractivity contribution in [2.24, 2.45) is 5.41 Å². The third-order valence-electron chi connectivity index (χ3n) is 2.01. The fourth-order valence-corrected chi connectivity index (χ4v) is 0.932. The zero-order valence-electron chi connectivity index (χ0n) is 9.06. The Kier molecular flexibility index (Phi) is 5.45.